The number of amides is 1. The lowest BCUT2D eigenvalue weighted by atomic mass is 10.1. The van der Waals surface area contributed by atoms with Gasteiger partial charge in [-0.1, -0.05) is 11.3 Å². The topological polar surface area (TPSA) is 89.8 Å². The highest BCUT2D eigenvalue weighted by Crippen LogP contribution is 2.23. The van der Waals surface area contributed by atoms with Gasteiger partial charge in [-0.15, -0.1) is 0 Å². The van der Waals surface area contributed by atoms with Crippen LogP contribution in [-0.2, 0) is 0 Å². The van der Waals surface area contributed by atoms with Gasteiger partial charge in [-0.25, -0.2) is 0 Å². The summed E-state index contributed by atoms with van der Waals surface area (Å²) in [6, 6.07) is 6.72. The van der Waals surface area contributed by atoms with Gasteiger partial charge in [0.25, 0.3) is 5.91 Å². The molecule has 1 fully saturated rings. The Labute approximate surface area is 143 Å². The summed E-state index contributed by atoms with van der Waals surface area (Å²) in [6.07, 6.45) is 5.25. The van der Waals surface area contributed by atoms with Gasteiger partial charge in [0.05, 0.1) is 35.7 Å². The van der Waals surface area contributed by atoms with E-state index in [1.165, 1.54) is 36.3 Å². The van der Waals surface area contributed by atoms with Gasteiger partial charge >= 0.3 is 5.00 Å². The number of nitrogens with one attached hydrogen (secondary N) is 2. The molecule has 2 N–H and O–H groups in total. The Kier molecular flexibility index (Phi) is 5.27. The van der Waals surface area contributed by atoms with Crippen LogP contribution < -0.4 is 10.2 Å². The molecule has 2 aromatic heterocycles. The van der Waals surface area contributed by atoms with E-state index in [0.717, 1.165) is 30.2 Å². The molecular weight excluding hydrogens is 330 g/mol. The largest absolute Gasteiger partial charge is 0.463 e. The maximum absolute atomic E-state index is 12.3. The van der Waals surface area contributed by atoms with E-state index in [9.17, 15) is 14.9 Å². The van der Waals surface area contributed by atoms with Crippen molar-refractivity contribution in [2.75, 3.05) is 19.6 Å². The molecule has 3 rings (SSSR count). The molecule has 1 amide bonds. The second-order valence-corrected chi connectivity index (χ2v) is 6.95. The predicted molar refractivity (Wildman–Crippen MR) is 89.3 cm³/mol. The zero-order valence-corrected chi connectivity index (χ0v) is 14.0. The van der Waals surface area contributed by atoms with Gasteiger partial charge in [0, 0.05) is 6.07 Å². The number of piperidine rings is 1. The summed E-state index contributed by atoms with van der Waals surface area (Å²) in [4.78, 5) is 24.3. The Balaban J connectivity index is 1.66. The summed E-state index contributed by atoms with van der Waals surface area (Å²) < 4.78 is 5.56. The fourth-order valence-electron chi connectivity index (χ4n) is 3.12. The van der Waals surface area contributed by atoms with Crippen molar-refractivity contribution >= 4 is 22.2 Å². The number of nitrogens with zero attached hydrogens (tertiary/aromatic N) is 1. The highest BCUT2D eigenvalue weighted by molar-refractivity contribution is 7.17. The van der Waals surface area contributed by atoms with Crippen LogP contribution in [0.1, 0.15) is 40.7 Å². The summed E-state index contributed by atoms with van der Waals surface area (Å²) in [6.45, 7) is 2.57. The van der Waals surface area contributed by atoms with Crippen LogP contribution in [0.25, 0.3) is 0 Å². The van der Waals surface area contributed by atoms with Crippen LogP contribution in [0.15, 0.2) is 34.9 Å². The lowest BCUT2D eigenvalue weighted by molar-refractivity contribution is -0.936. The number of hydrogen-bond donors (Lipinski definition) is 2. The van der Waals surface area contributed by atoms with E-state index in [2.05, 4.69) is 5.32 Å². The minimum atomic E-state index is -0.481. The molecule has 128 valence electrons. The number of hydrogen-bond acceptors (Lipinski definition) is 5. The molecule has 24 heavy (non-hydrogen) atoms. The van der Waals surface area contributed by atoms with E-state index in [-0.39, 0.29) is 17.0 Å². The predicted octanol–water partition coefficient (Wildman–Crippen LogP) is 1.79. The Bertz CT molecular complexity index is 692. The fraction of sp³-hybridized carbons (Fsp3) is 0.438. The summed E-state index contributed by atoms with van der Waals surface area (Å²) in [7, 11) is 0. The number of furan rings is 1. The van der Waals surface area contributed by atoms with Gasteiger partial charge in [0.1, 0.15) is 0 Å². The molecule has 0 unspecified atom stereocenters. The number of carbonyl (C=O) groups is 1. The highest BCUT2D eigenvalue weighted by Gasteiger charge is 2.29. The molecule has 0 radical (unpaired) electrons. The number of carbonyl (C=O) groups excluding carboxylic acids is 1. The Hall–Kier alpha value is -2.19. The maximum Gasteiger partial charge on any atom is 0.324 e. The van der Waals surface area contributed by atoms with E-state index in [4.69, 9.17) is 4.42 Å². The third-order valence-corrected chi connectivity index (χ3v) is 5.37. The molecule has 0 spiro atoms. The van der Waals surface area contributed by atoms with E-state index in [1.807, 2.05) is 12.1 Å². The monoisotopic (exact) mass is 350 g/mol. The van der Waals surface area contributed by atoms with Crippen molar-refractivity contribution in [3.63, 3.8) is 0 Å². The van der Waals surface area contributed by atoms with Crippen molar-refractivity contribution in [1.29, 1.82) is 0 Å². The van der Waals surface area contributed by atoms with Gasteiger partial charge in [-0.05, 0) is 37.5 Å². The van der Waals surface area contributed by atoms with Gasteiger partial charge in [-0.3, -0.25) is 14.9 Å². The van der Waals surface area contributed by atoms with Crippen molar-refractivity contribution in [1.82, 2.24) is 5.32 Å². The van der Waals surface area contributed by atoms with E-state index in [1.54, 1.807) is 6.26 Å². The molecule has 0 aromatic carbocycles. The van der Waals surface area contributed by atoms with Crippen LogP contribution in [-0.4, -0.2) is 30.5 Å². The quantitative estimate of drug-likeness (QED) is 0.614. The van der Waals surface area contributed by atoms with Crippen LogP contribution in [0.2, 0.25) is 0 Å². The van der Waals surface area contributed by atoms with Crippen LogP contribution in [0, 0.1) is 10.1 Å². The average Bonchev–Trinajstić information content (AvgIpc) is 3.28. The average molecular weight is 350 g/mol. The normalized spacial score (nSPS) is 16.7. The molecule has 0 bridgehead atoms. The highest BCUT2D eigenvalue weighted by atomic mass is 32.1. The van der Waals surface area contributed by atoms with Crippen molar-refractivity contribution in [2.24, 2.45) is 0 Å². The summed E-state index contributed by atoms with van der Waals surface area (Å²) >= 11 is 0.892. The molecule has 2 aromatic rings. The molecule has 7 nitrogen and oxygen atoms in total. The van der Waals surface area contributed by atoms with Crippen molar-refractivity contribution < 1.29 is 19.0 Å². The van der Waals surface area contributed by atoms with Gasteiger partial charge in [0.15, 0.2) is 11.8 Å². The third kappa shape index (κ3) is 3.82. The third-order valence-electron chi connectivity index (χ3n) is 4.34. The zero-order valence-electron chi connectivity index (χ0n) is 13.2. The first kappa shape index (κ1) is 16.7. The molecule has 1 saturated heterocycles. The standard InChI is InChI=1S/C16H19N3O4S/c20-16(14-6-7-15(24-14)19(21)22)17-11-12(13-5-4-10-23-13)18-8-2-1-3-9-18/h4-7,10,12H,1-3,8-9,11H2,(H,17,20)/p+1/t12-/m0/s1. The SMILES string of the molecule is O=C(NC[C@@H](c1ccco1)[NH+]1CCCCC1)c1ccc([N+](=O)[O-])s1. The lowest BCUT2D eigenvalue weighted by Gasteiger charge is -2.30. The molecule has 1 aliphatic heterocycles. The number of quaternary nitrogens is 1. The van der Waals surface area contributed by atoms with Crippen LogP contribution >= 0.6 is 11.3 Å². The van der Waals surface area contributed by atoms with E-state index in [0.29, 0.717) is 11.4 Å². The maximum atomic E-state index is 12.3. The van der Waals surface area contributed by atoms with Gasteiger partial charge < -0.3 is 14.6 Å². The lowest BCUT2D eigenvalue weighted by Crippen LogP contribution is -3.13. The second-order valence-electron chi connectivity index (χ2n) is 5.89. The first-order valence-electron chi connectivity index (χ1n) is 8.05. The van der Waals surface area contributed by atoms with Crippen molar-refractivity contribution in [3.8, 4) is 0 Å². The zero-order chi connectivity index (χ0) is 16.9. The molecule has 0 aliphatic carbocycles. The molecular formula is C16H20N3O4S+. The number of nitro groups is 1. The van der Waals surface area contributed by atoms with Crippen LogP contribution in [0.3, 0.4) is 0 Å². The number of likely N-dealkylation sites (tertiary alicyclic amines) is 1. The molecule has 0 saturated carbocycles. The van der Waals surface area contributed by atoms with E-state index >= 15 is 0 Å². The van der Waals surface area contributed by atoms with Crippen LogP contribution in [0.4, 0.5) is 5.00 Å². The van der Waals surface area contributed by atoms with Gasteiger partial charge in [0.2, 0.25) is 0 Å². The minimum Gasteiger partial charge on any atom is -0.463 e. The minimum absolute atomic E-state index is 0.0237. The molecule has 8 heteroatoms. The second kappa shape index (κ2) is 7.59. The summed E-state index contributed by atoms with van der Waals surface area (Å²) in [5.74, 6) is 0.588. The fourth-order valence-corrected chi connectivity index (χ4v) is 3.86. The molecule has 3 heterocycles. The number of rotatable bonds is 6. The Morgan fingerprint density at radius 1 is 1.33 bits per heavy atom. The first-order chi connectivity index (χ1) is 11.6. The first-order valence-corrected chi connectivity index (χ1v) is 8.87. The Morgan fingerprint density at radius 3 is 2.75 bits per heavy atom. The summed E-state index contributed by atoms with van der Waals surface area (Å²) in [5, 5.41) is 13.6. The Morgan fingerprint density at radius 2 is 2.12 bits per heavy atom. The van der Waals surface area contributed by atoms with Crippen molar-refractivity contribution in [3.05, 3.63) is 51.3 Å². The molecule has 1 atom stereocenters. The molecule has 1 aliphatic rings. The van der Waals surface area contributed by atoms with Gasteiger partial charge in [-0.2, -0.15) is 0 Å². The van der Waals surface area contributed by atoms with Crippen LogP contribution in [0.5, 0.6) is 0 Å². The van der Waals surface area contributed by atoms with Crippen molar-refractivity contribution in [2.45, 2.75) is 25.3 Å². The summed E-state index contributed by atoms with van der Waals surface area (Å²) in [5.41, 5.74) is 0. The van der Waals surface area contributed by atoms with E-state index < -0.39 is 4.92 Å². The number of thiophene rings is 1. The smallest absolute Gasteiger partial charge is 0.324 e.